The van der Waals surface area contributed by atoms with Crippen LogP contribution in [0.15, 0.2) is 24.4 Å². The normalized spacial score (nSPS) is 20.3. The summed E-state index contributed by atoms with van der Waals surface area (Å²) >= 11 is 0. The van der Waals surface area contributed by atoms with Crippen molar-refractivity contribution < 1.29 is 5.11 Å². The van der Waals surface area contributed by atoms with Crippen LogP contribution < -0.4 is 5.32 Å². The average Bonchev–Trinajstić information content (AvgIpc) is 3.20. The van der Waals surface area contributed by atoms with Gasteiger partial charge >= 0.3 is 0 Å². The van der Waals surface area contributed by atoms with E-state index in [1.165, 1.54) is 12.8 Å². The smallest absolute Gasteiger partial charge is 0.0766 e. The third-order valence-corrected chi connectivity index (χ3v) is 4.31. The minimum absolute atomic E-state index is 0.259. The summed E-state index contributed by atoms with van der Waals surface area (Å²) in [7, 11) is 0. The number of nitrogens with one attached hydrogen (secondary N) is 1. The first kappa shape index (κ1) is 14.5. The number of aliphatic hydroxyl groups is 1. The van der Waals surface area contributed by atoms with E-state index in [-0.39, 0.29) is 5.92 Å². The van der Waals surface area contributed by atoms with Crippen molar-refractivity contribution in [1.29, 1.82) is 0 Å². The lowest BCUT2D eigenvalue weighted by Gasteiger charge is -2.30. The second kappa shape index (κ2) is 6.02. The van der Waals surface area contributed by atoms with Crippen molar-refractivity contribution >= 4 is 0 Å². The molecule has 1 saturated carbocycles. The fraction of sp³-hybridized carbons (Fsp3) is 0.688. The van der Waals surface area contributed by atoms with E-state index in [0.29, 0.717) is 12.6 Å². The molecule has 1 aromatic rings. The molecule has 2 rings (SSSR count). The Morgan fingerprint density at radius 3 is 2.68 bits per heavy atom. The lowest BCUT2D eigenvalue weighted by molar-refractivity contribution is 0.0111. The van der Waals surface area contributed by atoms with Gasteiger partial charge in [-0.25, -0.2) is 0 Å². The molecule has 3 nitrogen and oxygen atoms in total. The van der Waals surface area contributed by atoms with Gasteiger partial charge in [-0.15, -0.1) is 0 Å². The molecular weight excluding hydrogens is 236 g/mol. The number of aromatic nitrogens is 1. The standard InChI is InChI=1S/C16H26N2O/c1-12(2)16(3,19)11-18-15(13-7-8-13)10-14-6-4-5-9-17-14/h4-6,9,12-13,15,18-19H,7-8,10-11H2,1-3H3. The first-order valence-electron chi connectivity index (χ1n) is 7.34. The fourth-order valence-corrected chi connectivity index (χ4v) is 2.19. The molecule has 2 unspecified atom stereocenters. The number of pyridine rings is 1. The van der Waals surface area contributed by atoms with Crippen molar-refractivity contribution in [3.63, 3.8) is 0 Å². The van der Waals surface area contributed by atoms with E-state index in [4.69, 9.17) is 0 Å². The SMILES string of the molecule is CC(C)C(C)(O)CNC(Cc1ccccn1)C1CC1. The number of hydrogen-bond acceptors (Lipinski definition) is 3. The van der Waals surface area contributed by atoms with Crippen LogP contribution in [0, 0.1) is 11.8 Å². The zero-order valence-electron chi connectivity index (χ0n) is 12.3. The largest absolute Gasteiger partial charge is 0.389 e. The van der Waals surface area contributed by atoms with E-state index < -0.39 is 5.60 Å². The van der Waals surface area contributed by atoms with E-state index in [2.05, 4.69) is 30.2 Å². The van der Waals surface area contributed by atoms with Crippen molar-refractivity contribution in [1.82, 2.24) is 10.3 Å². The fourth-order valence-electron chi connectivity index (χ4n) is 2.19. The highest BCUT2D eigenvalue weighted by atomic mass is 16.3. The molecule has 0 bridgehead atoms. The van der Waals surface area contributed by atoms with E-state index in [0.717, 1.165) is 18.0 Å². The summed E-state index contributed by atoms with van der Waals surface area (Å²) in [6.45, 7) is 6.69. The third kappa shape index (κ3) is 4.29. The molecule has 19 heavy (non-hydrogen) atoms. The van der Waals surface area contributed by atoms with Gasteiger partial charge in [0.1, 0.15) is 0 Å². The molecule has 1 aliphatic carbocycles. The van der Waals surface area contributed by atoms with Crippen LogP contribution in [0.2, 0.25) is 0 Å². The minimum atomic E-state index is -0.642. The van der Waals surface area contributed by atoms with Gasteiger partial charge in [0, 0.05) is 30.9 Å². The monoisotopic (exact) mass is 262 g/mol. The van der Waals surface area contributed by atoms with Crippen LogP contribution in [0.4, 0.5) is 0 Å². The Kier molecular flexibility index (Phi) is 4.58. The number of hydrogen-bond donors (Lipinski definition) is 2. The summed E-state index contributed by atoms with van der Waals surface area (Å²) in [5, 5.41) is 13.9. The van der Waals surface area contributed by atoms with Crippen molar-refractivity contribution in [3.8, 4) is 0 Å². The maximum Gasteiger partial charge on any atom is 0.0766 e. The molecule has 0 aliphatic heterocycles. The summed E-state index contributed by atoms with van der Waals surface area (Å²) in [5.41, 5.74) is 0.494. The van der Waals surface area contributed by atoms with Crippen LogP contribution in [0.3, 0.4) is 0 Å². The molecule has 106 valence electrons. The molecule has 0 saturated heterocycles. The summed E-state index contributed by atoms with van der Waals surface area (Å²) in [5.74, 6) is 1.01. The van der Waals surface area contributed by atoms with Crippen LogP contribution >= 0.6 is 0 Å². The number of rotatable bonds is 7. The van der Waals surface area contributed by atoms with Crippen LogP contribution in [0.25, 0.3) is 0 Å². The molecule has 1 aliphatic rings. The van der Waals surface area contributed by atoms with E-state index >= 15 is 0 Å². The van der Waals surface area contributed by atoms with Gasteiger partial charge in [0.15, 0.2) is 0 Å². The van der Waals surface area contributed by atoms with Crippen LogP contribution in [-0.4, -0.2) is 28.3 Å². The predicted molar refractivity (Wildman–Crippen MR) is 77.9 cm³/mol. The van der Waals surface area contributed by atoms with Crippen LogP contribution in [-0.2, 0) is 6.42 Å². The highest BCUT2D eigenvalue weighted by Crippen LogP contribution is 2.34. The molecule has 3 heteroatoms. The van der Waals surface area contributed by atoms with Gasteiger partial charge in [-0.1, -0.05) is 19.9 Å². The van der Waals surface area contributed by atoms with E-state index in [1.807, 2.05) is 25.3 Å². The Labute approximate surface area is 116 Å². The number of nitrogens with zero attached hydrogens (tertiary/aromatic N) is 1. The lowest BCUT2D eigenvalue weighted by atomic mass is 9.92. The summed E-state index contributed by atoms with van der Waals surface area (Å²) < 4.78 is 0. The molecule has 0 aromatic carbocycles. The highest BCUT2D eigenvalue weighted by Gasteiger charge is 2.33. The van der Waals surface area contributed by atoms with Gasteiger partial charge in [0.25, 0.3) is 0 Å². The average molecular weight is 262 g/mol. The Morgan fingerprint density at radius 2 is 2.16 bits per heavy atom. The third-order valence-electron chi connectivity index (χ3n) is 4.31. The highest BCUT2D eigenvalue weighted by molar-refractivity contribution is 5.07. The second-order valence-electron chi connectivity index (χ2n) is 6.36. The summed E-state index contributed by atoms with van der Waals surface area (Å²) in [6, 6.07) is 6.51. The molecule has 1 fully saturated rings. The maximum absolute atomic E-state index is 10.3. The molecule has 1 aromatic heterocycles. The zero-order chi connectivity index (χ0) is 13.9. The van der Waals surface area contributed by atoms with Crippen molar-refractivity contribution in [3.05, 3.63) is 30.1 Å². The van der Waals surface area contributed by atoms with Gasteiger partial charge in [-0.2, -0.15) is 0 Å². The first-order chi connectivity index (χ1) is 8.99. The molecule has 0 radical (unpaired) electrons. The Morgan fingerprint density at radius 1 is 1.42 bits per heavy atom. The van der Waals surface area contributed by atoms with Crippen LogP contribution in [0.1, 0.15) is 39.3 Å². The maximum atomic E-state index is 10.3. The Hall–Kier alpha value is -0.930. The minimum Gasteiger partial charge on any atom is -0.389 e. The van der Waals surface area contributed by atoms with Gasteiger partial charge < -0.3 is 10.4 Å². The topological polar surface area (TPSA) is 45.1 Å². The van der Waals surface area contributed by atoms with Crippen molar-refractivity contribution in [2.45, 2.75) is 51.7 Å². The molecule has 2 atom stereocenters. The van der Waals surface area contributed by atoms with Crippen molar-refractivity contribution in [2.24, 2.45) is 11.8 Å². The molecule has 0 spiro atoms. The summed E-state index contributed by atoms with van der Waals surface area (Å²) in [6.07, 6.45) is 5.41. The van der Waals surface area contributed by atoms with Crippen LogP contribution in [0.5, 0.6) is 0 Å². The first-order valence-corrected chi connectivity index (χ1v) is 7.34. The lowest BCUT2D eigenvalue weighted by Crippen LogP contribution is -2.47. The van der Waals surface area contributed by atoms with Gasteiger partial charge in [0.2, 0.25) is 0 Å². The predicted octanol–water partition coefficient (Wildman–Crippen LogP) is 2.40. The van der Waals surface area contributed by atoms with Gasteiger partial charge in [-0.3, -0.25) is 4.98 Å². The summed E-state index contributed by atoms with van der Waals surface area (Å²) in [4.78, 5) is 4.41. The molecular formula is C16H26N2O. The van der Waals surface area contributed by atoms with E-state index in [9.17, 15) is 5.11 Å². The van der Waals surface area contributed by atoms with Gasteiger partial charge in [0.05, 0.1) is 5.60 Å². The van der Waals surface area contributed by atoms with Crippen molar-refractivity contribution in [2.75, 3.05) is 6.54 Å². The second-order valence-corrected chi connectivity index (χ2v) is 6.36. The Balaban J connectivity index is 1.90. The molecule has 2 N–H and O–H groups in total. The van der Waals surface area contributed by atoms with Gasteiger partial charge in [-0.05, 0) is 43.7 Å². The zero-order valence-corrected chi connectivity index (χ0v) is 12.3. The molecule has 0 amide bonds. The quantitative estimate of drug-likeness (QED) is 0.793. The molecule has 1 heterocycles. The van der Waals surface area contributed by atoms with E-state index in [1.54, 1.807) is 0 Å². The Bertz CT molecular complexity index is 385.